The molecule has 3 heterocycles. The van der Waals surface area contributed by atoms with Crippen molar-refractivity contribution in [2.45, 2.75) is 26.8 Å². The molecule has 0 fully saturated rings. The highest BCUT2D eigenvalue weighted by molar-refractivity contribution is 5.47. The van der Waals surface area contributed by atoms with E-state index in [0.29, 0.717) is 11.6 Å². The standard InChI is InChI=1S/C20H21N7/c1-14-11-15(2)27(25-14)20-13-21-12-19(24-20)23-16(3)17-7-4-5-8-18(17)26-10-6-9-22-26/h4-13,16H,1-3H3,(H,23,24). The van der Waals surface area contributed by atoms with Crippen molar-refractivity contribution in [3.63, 3.8) is 0 Å². The van der Waals surface area contributed by atoms with Crippen LogP contribution in [0.4, 0.5) is 5.82 Å². The van der Waals surface area contributed by atoms with Crippen LogP contribution >= 0.6 is 0 Å². The molecule has 0 bridgehead atoms. The molecule has 0 amide bonds. The lowest BCUT2D eigenvalue weighted by Crippen LogP contribution is -2.13. The van der Waals surface area contributed by atoms with Gasteiger partial charge in [0.15, 0.2) is 5.82 Å². The summed E-state index contributed by atoms with van der Waals surface area (Å²) >= 11 is 0. The van der Waals surface area contributed by atoms with Crippen molar-refractivity contribution in [1.82, 2.24) is 29.5 Å². The Morgan fingerprint density at radius 3 is 2.67 bits per heavy atom. The molecule has 136 valence electrons. The van der Waals surface area contributed by atoms with E-state index in [4.69, 9.17) is 0 Å². The predicted molar refractivity (Wildman–Crippen MR) is 104 cm³/mol. The van der Waals surface area contributed by atoms with Gasteiger partial charge in [0.2, 0.25) is 0 Å². The third kappa shape index (κ3) is 3.44. The fourth-order valence-corrected chi connectivity index (χ4v) is 3.16. The SMILES string of the molecule is Cc1cc(C)n(-c2cncc(NC(C)c3ccccc3-n3cccn3)n2)n1. The summed E-state index contributed by atoms with van der Waals surface area (Å²) in [6, 6.07) is 12.1. The van der Waals surface area contributed by atoms with Gasteiger partial charge < -0.3 is 5.32 Å². The van der Waals surface area contributed by atoms with E-state index < -0.39 is 0 Å². The lowest BCUT2D eigenvalue weighted by atomic mass is 10.1. The van der Waals surface area contributed by atoms with Crippen LogP contribution < -0.4 is 5.32 Å². The molecule has 0 aliphatic heterocycles. The second kappa shape index (κ2) is 7.03. The Hall–Kier alpha value is -3.48. The van der Waals surface area contributed by atoms with Crippen LogP contribution in [0.5, 0.6) is 0 Å². The van der Waals surface area contributed by atoms with E-state index in [2.05, 4.69) is 44.5 Å². The van der Waals surface area contributed by atoms with E-state index in [-0.39, 0.29) is 6.04 Å². The molecule has 0 spiro atoms. The normalized spacial score (nSPS) is 12.1. The molecule has 4 rings (SSSR count). The van der Waals surface area contributed by atoms with E-state index in [1.165, 1.54) is 0 Å². The van der Waals surface area contributed by atoms with Crippen LogP contribution in [-0.4, -0.2) is 29.5 Å². The average molecular weight is 359 g/mol. The van der Waals surface area contributed by atoms with Crippen molar-refractivity contribution in [1.29, 1.82) is 0 Å². The van der Waals surface area contributed by atoms with Crippen molar-refractivity contribution in [2.24, 2.45) is 0 Å². The maximum atomic E-state index is 4.68. The average Bonchev–Trinajstić information content (AvgIpc) is 3.31. The van der Waals surface area contributed by atoms with Crippen LogP contribution in [0.3, 0.4) is 0 Å². The Bertz CT molecular complexity index is 1050. The summed E-state index contributed by atoms with van der Waals surface area (Å²) in [6.45, 7) is 6.07. The van der Waals surface area contributed by atoms with Crippen LogP contribution in [0.2, 0.25) is 0 Å². The molecular weight excluding hydrogens is 338 g/mol. The zero-order valence-corrected chi connectivity index (χ0v) is 15.5. The number of rotatable bonds is 5. The number of aryl methyl sites for hydroxylation is 2. The van der Waals surface area contributed by atoms with Gasteiger partial charge in [-0.1, -0.05) is 18.2 Å². The van der Waals surface area contributed by atoms with Gasteiger partial charge in [-0.15, -0.1) is 0 Å². The van der Waals surface area contributed by atoms with Crippen molar-refractivity contribution in [3.05, 3.63) is 78.1 Å². The zero-order valence-electron chi connectivity index (χ0n) is 15.5. The van der Waals surface area contributed by atoms with E-state index in [0.717, 1.165) is 22.6 Å². The smallest absolute Gasteiger partial charge is 0.174 e. The van der Waals surface area contributed by atoms with Gasteiger partial charge in [0.05, 0.1) is 29.8 Å². The molecule has 3 aromatic heterocycles. The molecule has 4 aromatic rings. The molecule has 1 unspecified atom stereocenters. The molecule has 1 N–H and O–H groups in total. The van der Waals surface area contributed by atoms with Crippen molar-refractivity contribution in [2.75, 3.05) is 5.32 Å². The Labute approximate surface area is 157 Å². The summed E-state index contributed by atoms with van der Waals surface area (Å²) in [5, 5.41) is 12.3. The number of aromatic nitrogens is 6. The Kier molecular flexibility index (Phi) is 4.42. The number of nitrogens with zero attached hydrogens (tertiary/aromatic N) is 6. The van der Waals surface area contributed by atoms with Gasteiger partial charge in [-0.3, -0.25) is 4.98 Å². The van der Waals surface area contributed by atoms with Gasteiger partial charge in [-0.05, 0) is 44.5 Å². The molecular formula is C20H21N7. The van der Waals surface area contributed by atoms with Gasteiger partial charge in [-0.2, -0.15) is 10.2 Å². The van der Waals surface area contributed by atoms with Crippen molar-refractivity contribution < 1.29 is 0 Å². The maximum Gasteiger partial charge on any atom is 0.174 e. The first-order chi connectivity index (χ1) is 13.1. The largest absolute Gasteiger partial charge is 0.362 e. The highest BCUT2D eigenvalue weighted by Crippen LogP contribution is 2.24. The highest BCUT2D eigenvalue weighted by atomic mass is 15.3. The van der Waals surface area contributed by atoms with Crippen LogP contribution in [0.25, 0.3) is 11.5 Å². The molecule has 0 saturated heterocycles. The summed E-state index contributed by atoms with van der Waals surface area (Å²) in [5.41, 5.74) is 4.13. The van der Waals surface area contributed by atoms with Gasteiger partial charge >= 0.3 is 0 Å². The van der Waals surface area contributed by atoms with E-state index in [1.807, 2.05) is 49.0 Å². The summed E-state index contributed by atoms with van der Waals surface area (Å²) < 4.78 is 3.67. The molecule has 0 radical (unpaired) electrons. The van der Waals surface area contributed by atoms with Crippen LogP contribution in [0.15, 0.2) is 61.2 Å². The summed E-state index contributed by atoms with van der Waals surface area (Å²) in [6.07, 6.45) is 7.15. The lowest BCUT2D eigenvalue weighted by Gasteiger charge is -2.18. The Balaban J connectivity index is 1.62. The second-order valence-corrected chi connectivity index (χ2v) is 6.48. The minimum atomic E-state index is 0.0235. The number of hydrogen-bond donors (Lipinski definition) is 1. The van der Waals surface area contributed by atoms with Gasteiger partial charge in [0.25, 0.3) is 0 Å². The van der Waals surface area contributed by atoms with E-state index >= 15 is 0 Å². The zero-order chi connectivity index (χ0) is 18.8. The van der Waals surface area contributed by atoms with Crippen molar-refractivity contribution >= 4 is 5.82 Å². The topological polar surface area (TPSA) is 73.5 Å². The van der Waals surface area contributed by atoms with E-state index in [1.54, 1.807) is 23.3 Å². The summed E-state index contributed by atoms with van der Waals surface area (Å²) in [4.78, 5) is 9.01. The molecule has 0 aliphatic carbocycles. The number of benzene rings is 1. The van der Waals surface area contributed by atoms with Gasteiger partial charge in [0, 0.05) is 18.1 Å². The van der Waals surface area contributed by atoms with Crippen LogP contribution in [-0.2, 0) is 0 Å². The first kappa shape index (κ1) is 17.0. The van der Waals surface area contributed by atoms with E-state index in [9.17, 15) is 0 Å². The highest BCUT2D eigenvalue weighted by Gasteiger charge is 2.13. The predicted octanol–water partition coefficient (Wildman–Crippen LogP) is 3.64. The second-order valence-electron chi connectivity index (χ2n) is 6.48. The van der Waals surface area contributed by atoms with Gasteiger partial charge in [-0.25, -0.2) is 14.3 Å². The fourth-order valence-electron chi connectivity index (χ4n) is 3.16. The lowest BCUT2D eigenvalue weighted by molar-refractivity contribution is 0.787. The molecule has 7 nitrogen and oxygen atoms in total. The minimum absolute atomic E-state index is 0.0235. The Morgan fingerprint density at radius 2 is 1.93 bits per heavy atom. The molecule has 0 aliphatic rings. The molecule has 1 atom stereocenters. The quantitative estimate of drug-likeness (QED) is 0.589. The molecule has 1 aromatic carbocycles. The molecule has 0 saturated carbocycles. The third-order valence-electron chi connectivity index (χ3n) is 4.37. The monoisotopic (exact) mass is 359 g/mol. The number of hydrogen-bond acceptors (Lipinski definition) is 5. The minimum Gasteiger partial charge on any atom is -0.362 e. The van der Waals surface area contributed by atoms with Crippen LogP contribution in [0.1, 0.15) is 29.9 Å². The molecule has 27 heavy (non-hydrogen) atoms. The first-order valence-electron chi connectivity index (χ1n) is 8.83. The van der Waals surface area contributed by atoms with Crippen molar-refractivity contribution in [3.8, 4) is 11.5 Å². The summed E-state index contributed by atoms with van der Waals surface area (Å²) in [5.74, 6) is 1.39. The number of nitrogens with one attached hydrogen (secondary N) is 1. The third-order valence-corrected chi connectivity index (χ3v) is 4.37. The number of para-hydroxylation sites is 1. The Morgan fingerprint density at radius 1 is 1.07 bits per heavy atom. The molecule has 7 heteroatoms. The van der Waals surface area contributed by atoms with Gasteiger partial charge in [0.1, 0.15) is 5.82 Å². The first-order valence-corrected chi connectivity index (χ1v) is 8.83. The number of anilines is 1. The van der Waals surface area contributed by atoms with Crippen LogP contribution in [0, 0.1) is 13.8 Å². The fraction of sp³-hybridized carbons (Fsp3) is 0.200. The maximum absolute atomic E-state index is 4.68. The summed E-state index contributed by atoms with van der Waals surface area (Å²) in [7, 11) is 0.